The van der Waals surface area contributed by atoms with Crippen LogP contribution in [0.4, 0.5) is 0 Å². The third kappa shape index (κ3) is 7.60. The van der Waals surface area contributed by atoms with Crippen LogP contribution in [0.15, 0.2) is 54.6 Å². The van der Waals surface area contributed by atoms with Crippen molar-refractivity contribution in [3.63, 3.8) is 0 Å². The van der Waals surface area contributed by atoms with Crippen LogP contribution >= 0.6 is 0 Å². The summed E-state index contributed by atoms with van der Waals surface area (Å²) < 4.78 is 11.2. The maximum atomic E-state index is 12.1. The summed E-state index contributed by atoms with van der Waals surface area (Å²) in [6, 6.07) is 16.9. The molecule has 0 spiro atoms. The van der Waals surface area contributed by atoms with Gasteiger partial charge in [0.2, 0.25) is 0 Å². The number of nitrogens with one attached hydrogen (secondary N) is 1. The van der Waals surface area contributed by atoms with Gasteiger partial charge in [-0.1, -0.05) is 50.8 Å². The van der Waals surface area contributed by atoms with Crippen LogP contribution in [0.3, 0.4) is 0 Å². The van der Waals surface area contributed by atoms with Gasteiger partial charge in [-0.15, -0.1) is 0 Å². The minimum absolute atomic E-state index is 0.0283. The van der Waals surface area contributed by atoms with Gasteiger partial charge in [0.05, 0.1) is 0 Å². The highest BCUT2D eigenvalue weighted by atomic mass is 16.5. The second kappa shape index (κ2) is 12.0. The van der Waals surface area contributed by atoms with Crippen LogP contribution in [0.2, 0.25) is 0 Å². The molecule has 0 aliphatic heterocycles. The van der Waals surface area contributed by atoms with Crippen LogP contribution in [0.25, 0.3) is 0 Å². The lowest BCUT2D eigenvalue weighted by Crippen LogP contribution is -2.24. The molecule has 140 valence electrons. The van der Waals surface area contributed by atoms with Crippen molar-refractivity contribution in [3.8, 4) is 11.5 Å². The third-order valence-electron chi connectivity index (χ3n) is 4.05. The van der Waals surface area contributed by atoms with E-state index in [-0.39, 0.29) is 5.91 Å². The van der Waals surface area contributed by atoms with Gasteiger partial charge in [0, 0.05) is 12.1 Å². The highest BCUT2D eigenvalue weighted by Crippen LogP contribution is 2.13. The van der Waals surface area contributed by atoms with E-state index in [0.717, 1.165) is 24.5 Å². The van der Waals surface area contributed by atoms with Crippen molar-refractivity contribution in [3.05, 3.63) is 60.2 Å². The molecule has 1 amide bonds. The largest absolute Gasteiger partial charge is 0.490 e. The second-order valence-corrected chi connectivity index (χ2v) is 6.20. The van der Waals surface area contributed by atoms with Gasteiger partial charge in [-0.05, 0) is 42.8 Å². The Morgan fingerprint density at radius 1 is 0.808 bits per heavy atom. The summed E-state index contributed by atoms with van der Waals surface area (Å²) in [7, 11) is 0. The standard InChI is InChI=1S/C22H29NO3/c1-2-3-4-5-9-16-23-22(24)19-12-14-21(15-13-19)26-18-17-25-20-10-7-6-8-11-20/h6-8,10-15H,2-5,9,16-18H2,1H3,(H,23,24). The van der Waals surface area contributed by atoms with E-state index in [2.05, 4.69) is 12.2 Å². The molecule has 0 fully saturated rings. The minimum Gasteiger partial charge on any atom is -0.490 e. The summed E-state index contributed by atoms with van der Waals surface area (Å²) in [6.45, 7) is 3.87. The van der Waals surface area contributed by atoms with E-state index in [1.165, 1.54) is 25.7 Å². The Labute approximate surface area is 156 Å². The van der Waals surface area contributed by atoms with E-state index in [4.69, 9.17) is 9.47 Å². The van der Waals surface area contributed by atoms with E-state index in [1.54, 1.807) is 12.1 Å². The number of rotatable bonds is 12. The van der Waals surface area contributed by atoms with Crippen LogP contribution in [-0.2, 0) is 0 Å². The maximum absolute atomic E-state index is 12.1. The van der Waals surface area contributed by atoms with Gasteiger partial charge in [-0.3, -0.25) is 4.79 Å². The summed E-state index contributed by atoms with van der Waals surface area (Å²) in [4.78, 5) is 12.1. The van der Waals surface area contributed by atoms with Crippen molar-refractivity contribution < 1.29 is 14.3 Å². The van der Waals surface area contributed by atoms with Crippen molar-refractivity contribution in [2.24, 2.45) is 0 Å². The Bertz CT molecular complexity index is 626. The van der Waals surface area contributed by atoms with Crippen molar-refractivity contribution in [2.75, 3.05) is 19.8 Å². The normalized spacial score (nSPS) is 10.3. The molecule has 0 heterocycles. The maximum Gasteiger partial charge on any atom is 0.251 e. The number of ether oxygens (including phenoxy) is 2. The number of carbonyl (C=O) groups excluding carboxylic acids is 1. The zero-order chi connectivity index (χ0) is 18.5. The Kier molecular flexibility index (Phi) is 9.12. The molecule has 2 aromatic rings. The van der Waals surface area contributed by atoms with Gasteiger partial charge in [-0.25, -0.2) is 0 Å². The van der Waals surface area contributed by atoms with Crippen molar-refractivity contribution in [1.29, 1.82) is 0 Å². The van der Waals surface area contributed by atoms with E-state index < -0.39 is 0 Å². The molecule has 2 rings (SSSR count). The molecule has 0 radical (unpaired) electrons. The van der Waals surface area contributed by atoms with Crippen molar-refractivity contribution >= 4 is 5.91 Å². The summed E-state index contributed by atoms with van der Waals surface area (Å²) in [5.74, 6) is 1.54. The average molecular weight is 355 g/mol. The molecule has 0 saturated heterocycles. The minimum atomic E-state index is -0.0283. The van der Waals surface area contributed by atoms with E-state index in [9.17, 15) is 4.79 Å². The highest BCUT2D eigenvalue weighted by Gasteiger charge is 2.05. The lowest BCUT2D eigenvalue weighted by Gasteiger charge is -2.09. The number of carbonyl (C=O) groups is 1. The fourth-order valence-corrected chi connectivity index (χ4v) is 2.57. The zero-order valence-electron chi connectivity index (χ0n) is 15.6. The SMILES string of the molecule is CCCCCCCNC(=O)c1ccc(OCCOc2ccccc2)cc1. The molecule has 26 heavy (non-hydrogen) atoms. The van der Waals surface area contributed by atoms with Gasteiger partial charge in [-0.2, -0.15) is 0 Å². The van der Waals surface area contributed by atoms with Crippen LogP contribution < -0.4 is 14.8 Å². The molecule has 0 saturated carbocycles. The highest BCUT2D eigenvalue weighted by molar-refractivity contribution is 5.94. The quantitative estimate of drug-likeness (QED) is 0.554. The fraction of sp³-hybridized carbons (Fsp3) is 0.409. The number of unbranched alkanes of at least 4 members (excludes halogenated alkanes) is 4. The molecule has 0 unspecified atom stereocenters. The number of amides is 1. The molecule has 0 aliphatic rings. The summed E-state index contributed by atoms with van der Waals surface area (Å²) >= 11 is 0. The van der Waals surface area contributed by atoms with Crippen LogP contribution in [0.1, 0.15) is 49.4 Å². The molecule has 2 aromatic carbocycles. The molecule has 0 aromatic heterocycles. The van der Waals surface area contributed by atoms with Gasteiger partial charge >= 0.3 is 0 Å². The smallest absolute Gasteiger partial charge is 0.251 e. The van der Waals surface area contributed by atoms with Crippen LogP contribution in [-0.4, -0.2) is 25.7 Å². The molecule has 4 heteroatoms. The molecule has 4 nitrogen and oxygen atoms in total. The lowest BCUT2D eigenvalue weighted by molar-refractivity contribution is 0.0953. The Morgan fingerprint density at radius 3 is 2.08 bits per heavy atom. The first-order valence-electron chi connectivity index (χ1n) is 9.48. The fourth-order valence-electron chi connectivity index (χ4n) is 2.57. The zero-order valence-corrected chi connectivity index (χ0v) is 15.6. The monoisotopic (exact) mass is 355 g/mol. The van der Waals surface area contributed by atoms with E-state index in [1.807, 2.05) is 42.5 Å². The molecule has 0 atom stereocenters. The Balaban J connectivity index is 1.63. The number of benzene rings is 2. The molecule has 0 aliphatic carbocycles. The van der Waals surface area contributed by atoms with Crippen LogP contribution in [0, 0.1) is 0 Å². The van der Waals surface area contributed by atoms with Crippen molar-refractivity contribution in [2.45, 2.75) is 39.0 Å². The second-order valence-electron chi connectivity index (χ2n) is 6.20. The van der Waals surface area contributed by atoms with Gasteiger partial charge < -0.3 is 14.8 Å². The summed E-state index contributed by atoms with van der Waals surface area (Å²) in [5.41, 5.74) is 0.659. The molecule has 1 N–H and O–H groups in total. The third-order valence-corrected chi connectivity index (χ3v) is 4.05. The lowest BCUT2D eigenvalue weighted by atomic mass is 10.1. The number of hydrogen-bond acceptors (Lipinski definition) is 3. The van der Waals surface area contributed by atoms with Crippen LogP contribution in [0.5, 0.6) is 11.5 Å². The molecular weight excluding hydrogens is 326 g/mol. The first-order chi connectivity index (χ1) is 12.8. The average Bonchev–Trinajstić information content (AvgIpc) is 2.69. The van der Waals surface area contributed by atoms with Gasteiger partial charge in [0.15, 0.2) is 0 Å². The Morgan fingerprint density at radius 2 is 1.42 bits per heavy atom. The number of hydrogen-bond donors (Lipinski definition) is 1. The number of para-hydroxylation sites is 1. The first-order valence-corrected chi connectivity index (χ1v) is 9.48. The predicted octanol–water partition coefficient (Wildman–Crippen LogP) is 4.84. The van der Waals surface area contributed by atoms with Gasteiger partial charge in [0.1, 0.15) is 24.7 Å². The van der Waals surface area contributed by atoms with Gasteiger partial charge in [0.25, 0.3) is 5.91 Å². The molecule has 0 bridgehead atoms. The van der Waals surface area contributed by atoms with E-state index in [0.29, 0.717) is 18.8 Å². The van der Waals surface area contributed by atoms with E-state index >= 15 is 0 Å². The molecular formula is C22H29NO3. The summed E-state index contributed by atoms with van der Waals surface area (Å²) in [5, 5.41) is 2.97. The Hall–Kier alpha value is -2.49. The predicted molar refractivity (Wildman–Crippen MR) is 105 cm³/mol. The summed E-state index contributed by atoms with van der Waals surface area (Å²) in [6.07, 6.45) is 5.96. The first kappa shape index (κ1) is 19.8. The topological polar surface area (TPSA) is 47.6 Å². The van der Waals surface area contributed by atoms with Crippen molar-refractivity contribution in [1.82, 2.24) is 5.32 Å².